The number of anilines is 1. The van der Waals surface area contributed by atoms with Gasteiger partial charge in [-0.3, -0.25) is 4.79 Å². The lowest BCUT2D eigenvalue weighted by Crippen LogP contribution is -2.42. The molecule has 1 fully saturated rings. The van der Waals surface area contributed by atoms with Crippen LogP contribution in [0.3, 0.4) is 0 Å². The number of nitrogens with two attached hydrogens (primary N) is 1. The first kappa shape index (κ1) is 12.9. The lowest BCUT2D eigenvalue weighted by molar-refractivity contribution is -0.119. The van der Waals surface area contributed by atoms with Gasteiger partial charge in [0, 0.05) is 24.7 Å². The Balaban J connectivity index is 2.02. The molecule has 1 amide bonds. The van der Waals surface area contributed by atoms with E-state index in [-0.39, 0.29) is 17.2 Å². The van der Waals surface area contributed by atoms with Crippen LogP contribution >= 0.6 is 0 Å². The molecule has 4 heteroatoms. The second-order valence-corrected chi connectivity index (χ2v) is 5.22. The van der Waals surface area contributed by atoms with Crippen molar-refractivity contribution in [1.82, 2.24) is 0 Å². The van der Waals surface area contributed by atoms with Gasteiger partial charge >= 0.3 is 0 Å². The van der Waals surface area contributed by atoms with Gasteiger partial charge in [0.1, 0.15) is 5.75 Å². The van der Waals surface area contributed by atoms with Crippen molar-refractivity contribution in [3.63, 3.8) is 0 Å². The third-order valence-electron chi connectivity index (χ3n) is 3.71. The quantitative estimate of drug-likeness (QED) is 0.860. The fraction of sp³-hybridized carbons (Fsp3) is 0.500. The number of amides is 1. The van der Waals surface area contributed by atoms with Gasteiger partial charge < -0.3 is 15.7 Å². The van der Waals surface area contributed by atoms with E-state index in [1.807, 2.05) is 0 Å². The second-order valence-electron chi connectivity index (χ2n) is 5.22. The van der Waals surface area contributed by atoms with Gasteiger partial charge in [-0.2, -0.15) is 0 Å². The van der Waals surface area contributed by atoms with Gasteiger partial charge in [0.05, 0.1) is 0 Å². The number of phenols is 1. The fourth-order valence-corrected chi connectivity index (χ4v) is 2.50. The molecule has 0 radical (unpaired) electrons. The molecule has 1 saturated carbocycles. The molecule has 0 heterocycles. The summed E-state index contributed by atoms with van der Waals surface area (Å²) in [6.45, 7) is 0. The molecule has 0 unspecified atom stereocenters. The first-order valence-corrected chi connectivity index (χ1v) is 6.35. The summed E-state index contributed by atoms with van der Waals surface area (Å²) in [6, 6.07) is 6.61. The third-order valence-corrected chi connectivity index (χ3v) is 3.71. The van der Waals surface area contributed by atoms with Crippen molar-refractivity contribution in [3.05, 3.63) is 24.3 Å². The van der Waals surface area contributed by atoms with Crippen LogP contribution in [0.1, 0.15) is 32.1 Å². The average molecular weight is 248 g/mol. The summed E-state index contributed by atoms with van der Waals surface area (Å²) >= 11 is 0. The summed E-state index contributed by atoms with van der Waals surface area (Å²) in [4.78, 5) is 13.8. The van der Waals surface area contributed by atoms with Crippen LogP contribution in [0.2, 0.25) is 0 Å². The highest BCUT2D eigenvalue weighted by Gasteiger charge is 2.32. The minimum atomic E-state index is -0.317. The van der Waals surface area contributed by atoms with Gasteiger partial charge in [0.25, 0.3) is 0 Å². The summed E-state index contributed by atoms with van der Waals surface area (Å²) in [5, 5.41) is 9.22. The highest BCUT2D eigenvalue weighted by molar-refractivity contribution is 5.93. The monoisotopic (exact) mass is 248 g/mol. The largest absolute Gasteiger partial charge is 0.508 e. The number of carbonyl (C=O) groups is 1. The zero-order valence-electron chi connectivity index (χ0n) is 10.7. The van der Waals surface area contributed by atoms with Gasteiger partial charge in [-0.15, -0.1) is 0 Å². The molecule has 1 aromatic rings. The van der Waals surface area contributed by atoms with Crippen LogP contribution in [-0.2, 0) is 4.79 Å². The lowest BCUT2D eigenvalue weighted by atomic mass is 9.94. The van der Waals surface area contributed by atoms with Crippen LogP contribution in [0, 0.1) is 0 Å². The maximum atomic E-state index is 12.2. The van der Waals surface area contributed by atoms with Crippen LogP contribution in [-0.4, -0.2) is 23.6 Å². The molecular weight excluding hydrogens is 228 g/mol. The summed E-state index contributed by atoms with van der Waals surface area (Å²) < 4.78 is 0. The summed E-state index contributed by atoms with van der Waals surface area (Å²) in [5.74, 6) is 0.232. The molecule has 2 rings (SSSR count). The Labute approximate surface area is 107 Å². The third kappa shape index (κ3) is 2.82. The predicted octanol–water partition coefficient (Wildman–Crippen LogP) is 2.02. The molecule has 0 atom stereocenters. The normalized spacial score (nSPS) is 17.7. The molecule has 1 aliphatic carbocycles. The minimum absolute atomic E-state index is 0.0325. The van der Waals surface area contributed by atoms with Crippen molar-refractivity contribution < 1.29 is 9.90 Å². The van der Waals surface area contributed by atoms with Crippen molar-refractivity contribution in [3.8, 4) is 5.75 Å². The Morgan fingerprint density at radius 3 is 2.44 bits per heavy atom. The second kappa shape index (κ2) is 4.98. The average Bonchev–Trinajstić information content (AvgIpc) is 2.76. The topological polar surface area (TPSA) is 66.6 Å². The number of benzene rings is 1. The maximum absolute atomic E-state index is 12.2. The smallest absolute Gasteiger partial charge is 0.228 e. The molecule has 0 aromatic heterocycles. The van der Waals surface area contributed by atoms with Crippen molar-refractivity contribution >= 4 is 11.6 Å². The number of aromatic hydroxyl groups is 1. The lowest BCUT2D eigenvalue weighted by Gasteiger charge is -2.26. The Kier molecular flexibility index (Phi) is 3.57. The molecule has 18 heavy (non-hydrogen) atoms. The zero-order chi connectivity index (χ0) is 13.2. The number of hydrogen-bond donors (Lipinski definition) is 2. The SMILES string of the molecule is CN(C(=O)CC1(N)CCCC1)c1ccc(O)cc1. The summed E-state index contributed by atoms with van der Waals surface area (Å²) in [7, 11) is 1.74. The molecule has 0 bridgehead atoms. The van der Waals surface area contributed by atoms with Gasteiger partial charge in [-0.1, -0.05) is 12.8 Å². The maximum Gasteiger partial charge on any atom is 0.228 e. The van der Waals surface area contributed by atoms with E-state index < -0.39 is 0 Å². The molecule has 0 aliphatic heterocycles. The van der Waals surface area contributed by atoms with Crippen molar-refractivity contribution in [2.24, 2.45) is 5.73 Å². The number of phenolic OH excluding ortho intramolecular Hbond substituents is 1. The molecule has 98 valence electrons. The Bertz CT molecular complexity index is 422. The summed E-state index contributed by atoms with van der Waals surface area (Å²) in [5.41, 5.74) is 6.67. The van der Waals surface area contributed by atoms with Gasteiger partial charge in [-0.25, -0.2) is 0 Å². The zero-order valence-corrected chi connectivity index (χ0v) is 10.7. The van der Waals surface area contributed by atoms with Crippen LogP contribution in [0.4, 0.5) is 5.69 Å². The molecule has 1 aliphatic rings. The Morgan fingerprint density at radius 2 is 1.89 bits per heavy atom. The van der Waals surface area contributed by atoms with E-state index in [9.17, 15) is 9.90 Å². The number of carbonyl (C=O) groups excluding carboxylic acids is 1. The van der Waals surface area contributed by atoms with Gasteiger partial charge in [0.15, 0.2) is 0 Å². The highest BCUT2D eigenvalue weighted by Crippen LogP contribution is 2.31. The fourth-order valence-electron chi connectivity index (χ4n) is 2.50. The van der Waals surface area contributed by atoms with E-state index in [1.165, 1.54) is 0 Å². The molecule has 3 N–H and O–H groups in total. The van der Waals surface area contributed by atoms with Crippen LogP contribution in [0.15, 0.2) is 24.3 Å². The predicted molar refractivity (Wildman–Crippen MR) is 71.5 cm³/mol. The van der Waals surface area contributed by atoms with Crippen molar-refractivity contribution in [2.45, 2.75) is 37.6 Å². The van der Waals surface area contributed by atoms with E-state index in [2.05, 4.69) is 0 Å². The molecule has 4 nitrogen and oxygen atoms in total. The van der Waals surface area contributed by atoms with E-state index in [4.69, 9.17) is 5.73 Å². The van der Waals surface area contributed by atoms with Crippen molar-refractivity contribution in [1.29, 1.82) is 0 Å². The number of nitrogens with zero attached hydrogens (tertiary/aromatic N) is 1. The minimum Gasteiger partial charge on any atom is -0.508 e. The van der Waals surface area contributed by atoms with Gasteiger partial charge in [0.2, 0.25) is 5.91 Å². The Hall–Kier alpha value is -1.55. The number of rotatable bonds is 3. The van der Waals surface area contributed by atoms with Crippen molar-refractivity contribution in [2.75, 3.05) is 11.9 Å². The highest BCUT2D eigenvalue weighted by atomic mass is 16.3. The number of hydrogen-bond acceptors (Lipinski definition) is 3. The summed E-state index contributed by atoms with van der Waals surface area (Å²) in [6.07, 6.45) is 4.49. The molecule has 0 saturated heterocycles. The van der Waals surface area contributed by atoms with Crippen LogP contribution < -0.4 is 10.6 Å². The Morgan fingerprint density at radius 1 is 1.33 bits per heavy atom. The van der Waals surface area contributed by atoms with Gasteiger partial charge in [-0.05, 0) is 37.1 Å². The van der Waals surface area contributed by atoms with Crippen LogP contribution in [0.25, 0.3) is 0 Å². The molecule has 1 aromatic carbocycles. The molecular formula is C14H20N2O2. The van der Waals surface area contributed by atoms with E-state index in [1.54, 1.807) is 36.2 Å². The van der Waals surface area contributed by atoms with E-state index in [0.29, 0.717) is 6.42 Å². The standard InChI is InChI=1S/C14H20N2O2/c1-16(11-4-6-12(17)7-5-11)13(18)10-14(15)8-2-3-9-14/h4-7,17H,2-3,8-10,15H2,1H3. The van der Waals surface area contributed by atoms with E-state index in [0.717, 1.165) is 31.4 Å². The molecule has 0 spiro atoms. The first-order chi connectivity index (χ1) is 8.50. The first-order valence-electron chi connectivity index (χ1n) is 6.35. The van der Waals surface area contributed by atoms with E-state index >= 15 is 0 Å². The van der Waals surface area contributed by atoms with Crippen LogP contribution in [0.5, 0.6) is 5.75 Å².